The van der Waals surface area contributed by atoms with Gasteiger partial charge in [-0.3, -0.25) is 4.79 Å². The van der Waals surface area contributed by atoms with Gasteiger partial charge in [0, 0.05) is 23.7 Å². The van der Waals surface area contributed by atoms with Crippen molar-refractivity contribution in [1.29, 1.82) is 0 Å². The van der Waals surface area contributed by atoms with E-state index in [-0.39, 0.29) is 24.7 Å². The lowest BCUT2D eigenvalue weighted by Crippen LogP contribution is -2.16. The second kappa shape index (κ2) is 8.81. The van der Waals surface area contributed by atoms with Gasteiger partial charge >= 0.3 is 5.97 Å². The van der Waals surface area contributed by atoms with Crippen LogP contribution < -0.4 is 14.8 Å². The van der Waals surface area contributed by atoms with Crippen LogP contribution in [0.2, 0.25) is 0 Å². The van der Waals surface area contributed by atoms with Gasteiger partial charge in [-0.15, -0.1) is 5.10 Å². The fraction of sp³-hybridized carbons (Fsp3) is 0.318. The fourth-order valence-corrected chi connectivity index (χ4v) is 3.23. The minimum Gasteiger partial charge on any atom is -0.486 e. The summed E-state index contributed by atoms with van der Waals surface area (Å²) in [6.45, 7) is 3.50. The molecule has 2 aromatic carbocycles. The summed E-state index contributed by atoms with van der Waals surface area (Å²) in [7, 11) is 0. The third kappa shape index (κ3) is 4.79. The number of alkyl halides is 2. The quantitative estimate of drug-likeness (QED) is 0.548. The summed E-state index contributed by atoms with van der Waals surface area (Å²) in [6, 6.07) is 11.1. The van der Waals surface area contributed by atoms with Crippen molar-refractivity contribution in [2.45, 2.75) is 26.3 Å². The molecule has 168 valence electrons. The van der Waals surface area contributed by atoms with Gasteiger partial charge in [-0.2, -0.15) is 4.98 Å². The van der Waals surface area contributed by atoms with Crippen molar-refractivity contribution in [3.8, 4) is 22.9 Å². The van der Waals surface area contributed by atoms with Gasteiger partial charge in [0.05, 0.1) is 6.61 Å². The van der Waals surface area contributed by atoms with E-state index in [2.05, 4.69) is 15.4 Å². The minimum atomic E-state index is -2.98. The maximum Gasteiger partial charge on any atom is 0.327 e. The lowest BCUT2D eigenvalue weighted by atomic mass is 10.1. The number of anilines is 2. The normalized spacial score (nSPS) is 13.0. The number of ether oxygens (including phenoxy) is 3. The van der Waals surface area contributed by atoms with Crippen molar-refractivity contribution in [2.75, 3.05) is 25.1 Å². The van der Waals surface area contributed by atoms with Crippen molar-refractivity contribution in [3.63, 3.8) is 0 Å². The second-order valence-corrected chi connectivity index (χ2v) is 7.17. The van der Waals surface area contributed by atoms with Crippen molar-refractivity contribution in [1.82, 2.24) is 14.8 Å². The highest BCUT2D eigenvalue weighted by Gasteiger charge is 2.24. The standard InChI is InChI=1S/C22H22F2N4O4/c1-3-30-19(29)13-28-20(14-7-8-17-18(11-14)32-10-9-31-17)26-21(27-28)25-16-6-4-5-15(12-16)22(2,23)24/h4-8,11-12H,3,9-10,13H2,1-2H3,(H,25,27). The number of hydrogen-bond acceptors (Lipinski definition) is 7. The van der Waals surface area contributed by atoms with Crippen molar-refractivity contribution in [2.24, 2.45) is 0 Å². The van der Waals surface area contributed by atoms with Crippen LogP contribution in [0.5, 0.6) is 11.5 Å². The van der Waals surface area contributed by atoms with Crippen LogP contribution in [-0.2, 0) is 22.0 Å². The number of hydrogen-bond donors (Lipinski definition) is 1. The van der Waals surface area contributed by atoms with E-state index in [0.29, 0.717) is 41.8 Å². The molecule has 0 saturated carbocycles. The van der Waals surface area contributed by atoms with Gasteiger partial charge in [0.15, 0.2) is 17.3 Å². The number of carbonyl (C=O) groups is 1. The lowest BCUT2D eigenvalue weighted by Gasteiger charge is -2.18. The Morgan fingerprint density at radius 3 is 2.72 bits per heavy atom. The first kappa shape index (κ1) is 21.5. The third-order valence-corrected chi connectivity index (χ3v) is 4.68. The molecule has 3 aromatic rings. The summed E-state index contributed by atoms with van der Waals surface area (Å²) in [4.78, 5) is 16.6. The molecular weight excluding hydrogens is 422 g/mol. The van der Waals surface area contributed by atoms with Crippen LogP contribution in [0.4, 0.5) is 20.4 Å². The summed E-state index contributed by atoms with van der Waals surface area (Å²) >= 11 is 0. The summed E-state index contributed by atoms with van der Waals surface area (Å²) in [5.74, 6) is -1.75. The van der Waals surface area contributed by atoms with Gasteiger partial charge in [0.1, 0.15) is 19.8 Å². The highest BCUT2D eigenvalue weighted by molar-refractivity contribution is 5.71. The molecule has 1 N–H and O–H groups in total. The molecule has 0 unspecified atom stereocenters. The smallest absolute Gasteiger partial charge is 0.327 e. The zero-order valence-corrected chi connectivity index (χ0v) is 17.6. The number of fused-ring (bicyclic) bond motifs is 1. The highest BCUT2D eigenvalue weighted by Crippen LogP contribution is 2.35. The van der Waals surface area contributed by atoms with Crippen LogP contribution in [0.25, 0.3) is 11.4 Å². The Bertz CT molecular complexity index is 1130. The molecule has 0 radical (unpaired) electrons. The first-order valence-corrected chi connectivity index (χ1v) is 10.1. The number of benzene rings is 2. The summed E-state index contributed by atoms with van der Waals surface area (Å²) in [5, 5.41) is 7.27. The van der Waals surface area contributed by atoms with Crippen molar-refractivity contribution < 1.29 is 27.8 Å². The summed E-state index contributed by atoms with van der Waals surface area (Å²) in [6.07, 6.45) is 0. The molecule has 1 aliphatic heterocycles. The molecule has 1 aliphatic rings. The highest BCUT2D eigenvalue weighted by atomic mass is 19.3. The zero-order chi connectivity index (χ0) is 22.7. The molecule has 1 aromatic heterocycles. The van der Waals surface area contributed by atoms with Crippen LogP contribution in [0.1, 0.15) is 19.4 Å². The largest absolute Gasteiger partial charge is 0.486 e. The van der Waals surface area contributed by atoms with Crippen LogP contribution in [0, 0.1) is 0 Å². The van der Waals surface area contributed by atoms with Gasteiger partial charge in [0.25, 0.3) is 5.92 Å². The Labute approximate surface area is 183 Å². The number of halogens is 2. The predicted octanol–water partition coefficient (Wildman–Crippen LogP) is 4.13. The average Bonchev–Trinajstić information content (AvgIpc) is 3.15. The molecule has 32 heavy (non-hydrogen) atoms. The first-order chi connectivity index (χ1) is 15.3. The van der Waals surface area contributed by atoms with Crippen LogP contribution in [0.3, 0.4) is 0 Å². The Morgan fingerprint density at radius 1 is 1.19 bits per heavy atom. The Kier molecular flexibility index (Phi) is 5.93. The number of carbonyl (C=O) groups excluding carboxylic acids is 1. The number of rotatable bonds is 7. The third-order valence-electron chi connectivity index (χ3n) is 4.68. The summed E-state index contributed by atoms with van der Waals surface area (Å²) < 4.78 is 45.0. The number of nitrogens with one attached hydrogen (secondary N) is 1. The molecule has 4 rings (SSSR count). The predicted molar refractivity (Wildman–Crippen MR) is 112 cm³/mol. The molecule has 0 amide bonds. The fourth-order valence-electron chi connectivity index (χ4n) is 3.23. The number of nitrogens with zero attached hydrogens (tertiary/aromatic N) is 3. The van der Waals surface area contributed by atoms with Crippen LogP contribution >= 0.6 is 0 Å². The number of aromatic nitrogens is 3. The van der Waals surface area contributed by atoms with Crippen molar-refractivity contribution in [3.05, 3.63) is 48.0 Å². The molecule has 0 fully saturated rings. The van der Waals surface area contributed by atoms with Gasteiger partial charge in [-0.25, -0.2) is 13.5 Å². The van der Waals surface area contributed by atoms with Gasteiger partial charge in [0.2, 0.25) is 5.95 Å². The minimum absolute atomic E-state index is 0.138. The van der Waals surface area contributed by atoms with Gasteiger partial charge < -0.3 is 19.5 Å². The zero-order valence-electron chi connectivity index (χ0n) is 17.6. The molecule has 10 heteroatoms. The van der Waals surface area contributed by atoms with E-state index in [4.69, 9.17) is 14.2 Å². The Hall–Kier alpha value is -3.69. The van der Waals surface area contributed by atoms with Gasteiger partial charge in [-0.1, -0.05) is 12.1 Å². The molecular formula is C22H22F2N4O4. The van der Waals surface area contributed by atoms with E-state index in [9.17, 15) is 13.6 Å². The van der Waals surface area contributed by atoms with E-state index in [1.54, 1.807) is 31.2 Å². The molecule has 0 saturated heterocycles. The maximum atomic E-state index is 13.7. The average molecular weight is 444 g/mol. The molecule has 0 bridgehead atoms. The molecule has 2 heterocycles. The molecule has 0 aliphatic carbocycles. The van der Waals surface area contributed by atoms with Crippen LogP contribution in [0.15, 0.2) is 42.5 Å². The monoisotopic (exact) mass is 444 g/mol. The van der Waals surface area contributed by atoms with Crippen LogP contribution in [-0.4, -0.2) is 40.6 Å². The van der Waals surface area contributed by atoms with E-state index in [0.717, 1.165) is 6.92 Å². The van der Waals surface area contributed by atoms with E-state index < -0.39 is 11.9 Å². The Morgan fingerprint density at radius 2 is 1.97 bits per heavy atom. The van der Waals surface area contributed by atoms with E-state index in [1.807, 2.05) is 0 Å². The van der Waals surface area contributed by atoms with Gasteiger partial charge in [-0.05, 0) is 37.3 Å². The summed E-state index contributed by atoms with van der Waals surface area (Å²) in [5.41, 5.74) is 0.902. The van der Waals surface area contributed by atoms with Crippen molar-refractivity contribution >= 4 is 17.6 Å². The SMILES string of the molecule is CCOC(=O)Cn1nc(Nc2cccc(C(C)(F)F)c2)nc1-c1ccc2c(c1)OCCO2. The first-order valence-electron chi connectivity index (χ1n) is 10.1. The topological polar surface area (TPSA) is 87.5 Å². The lowest BCUT2D eigenvalue weighted by molar-refractivity contribution is -0.144. The molecule has 8 nitrogen and oxygen atoms in total. The Balaban J connectivity index is 1.67. The molecule has 0 spiro atoms. The maximum absolute atomic E-state index is 13.7. The molecule has 0 atom stereocenters. The number of esters is 1. The van der Waals surface area contributed by atoms with E-state index >= 15 is 0 Å². The van der Waals surface area contributed by atoms with E-state index in [1.165, 1.54) is 22.9 Å². The second-order valence-electron chi connectivity index (χ2n) is 7.17.